The Morgan fingerprint density at radius 2 is 1.94 bits per heavy atom. The quantitative estimate of drug-likeness (QED) is 0.373. The first kappa shape index (κ1) is 23.6. The molecule has 0 fully saturated rings. The van der Waals surface area contributed by atoms with Gasteiger partial charge in [0.25, 0.3) is 11.6 Å². The number of carbonyl (C=O) groups is 2. The summed E-state index contributed by atoms with van der Waals surface area (Å²) >= 11 is 1.63. The number of thiophene rings is 1. The van der Waals surface area contributed by atoms with Gasteiger partial charge >= 0.3 is 0 Å². The number of nitro benzene ring substituents is 1. The molecule has 0 aliphatic carbocycles. The Hall–Kier alpha value is -3.59. The van der Waals surface area contributed by atoms with Crippen molar-refractivity contribution in [2.75, 3.05) is 13.1 Å². The summed E-state index contributed by atoms with van der Waals surface area (Å²) in [6.45, 7) is 3.90. The van der Waals surface area contributed by atoms with Crippen molar-refractivity contribution in [1.82, 2.24) is 9.80 Å². The third-order valence-electron chi connectivity index (χ3n) is 5.97. The van der Waals surface area contributed by atoms with Gasteiger partial charge in [-0.3, -0.25) is 19.7 Å². The zero-order valence-corrected chi connectivity index (χ0v) is 19.6. The maximum Gasteiger partial charge on any atom is 0.270 e. The van der Waals surface area contributed by atoms with E-state index in [1.54, 1.807) is 42.2 Å². The second kappa shape index (κ2) is 9.72. The van der Waals surface area contributed by atoms with Gasteiger partial charge in [0.15, 0.2) is 0 Å². The lowest BCUT2D eigenvalue weighted by molar-refractivity contribution is -0.384. The minimum atomic E-state index is -0.554. The molecule has 1 atom stereocenters. The van der Waals surface area contributed by atoms with Crippen molar-refractivity contribution in [1.29, 1.82) is 0 Å². The van der Waals surface area contributed by atoms with Gasteiger partial charge in [0.1, 0.15) is 12.4 Å². The molecule has 0 N–H and O–H groups in total. The maximum absolute atomic E-state index is 13.6. The number of carbonyl (C=O) groups excluding carboxylic acids is 2. The van der Waals surface area contributed by atoms with E-state index in [0.29, 0.717) is 13.0 Å². The third kappa shape index (κ3) is 4.70. The van der Waals surface area contributed by atoms with E-state index in [0.717, 1.165) is 11.1 Å². The van der Waals surface area contributed by atoms with E-state index in [1.165, 1.54) is 46.2 Å². The molecule has 0 bridgehead atoms. The Balaban J connectivity index is 1.62. The Labute approximate surface area is 200 Å². The molecule has 0 radical (unpaired) electrons. The average Bonchev–Trinajstić information content (AvgIpc) is 3.31. The molecule has 9 heteroatoms. The Kier molecular flexibility index (Phi) is 6.74. The number of benzene rings is 2. The summed E-state index contributed by atoms with van der Waals surface area (Å²) in [5.41, 5.74) is 1.79. The van der Waals surface area contributed by atoms with Crippen LogP contribution in [-0.4, -0.2) is 45.7 Å². The molecule has 0 spiro atoms. The number of hydrogen-bond acceptors (Lipinski definition) is 5. The molecule has 2 heterocycles. The minimum absolute atomic E-state index is 0.157. The standard InChI is InChI=1S/C25H24FN3O4S/c1-16(2)28(25(31)18-4-3-5-20(14-18)29(32)33)15-23(30)27-12-10-22-21(11-13-34-22)24(27)17-6-8-19(26)9-7-17/h3-9,11,13-14,16,24H,10,12,15H2,1-2H3. The largest absolute Gasteiger partial charge is 0.330 e. The summed E-state index contributed by atoms with van der Waals surface area (Å²) in [6.07, 6.45) is 0.705. The van der Waals surface area contributed by atoms with E-state index in [4.69, 9.17) is 0 Å². The summed E-state index contributed by atoms with van der Waals surface area (Å²) in [7, 11) is 0. The smallest absolute Gasteiger partial charge is 0.270 e. The van der Waals surface area contributed by atoms with Crippen LogP contribution in [0.15, 0.2) is 60.0 Å². The van der Waals surface area contributed by atoms with Gasteiger partial charge in [0.2, 0.25) is 5.91 Å². The lowest BCUT2D eigenvalue weighted by atomic mass is 9.93. The number of nitrogens with zero attached hydrogens (tertiary/aromatic N) is 3. The highest BCUT2D eigenvalue weighted by Gasteiger charge is 2.34. The fraction of sp³-hybridized carbons (Fsp3) is 0.280. The molecular formula is C25H24FN3O4S. The number of rotatable bonds is 6. The second-order valence-electron chi connectivity index (χ2n) is 8.42. The second-order valence-corrected chi connectivity index (χ2v) is 9.43. The van der Waals surface area contributed by atoms with Crippen LogP contribution in [-0.2, 0) is 11.2 Å². The van der Waals surface area contributed by atoms with Gasteiger partial charge in [0.05, 0.1) is 11.0 Å². The first-order chi connectivity index (χ1) is 16.3. The number of halogens is 1. The zero-order chi connectivity index (χ0) is 24.4. The third-order valence-corrected chi connectivity index (χ3v) is 6.96. The summed E-state index contributed by atoms with van der Waals surface area (Å²) in [4.78, 5) is 41.7. The minimum Gasteiger partial charge on any atom is -0.330 e. The van der Waals surface area contributed by atoms with Crippen LogP contribution in [0.5, 0.6) is 0 Å². The summed E-state index contributed by atoms with van der Waals surface area (Å²) in [5, 5.41) is 13.1. The Bertz CT molecular complexity index is 1220. The van der Waals surface area contributed by atoms with Gasteiger partial charge in [-0.1, -0.05) is 18.2 Å². The molecule has 2 aromatic carbocycles. The van der Waals surface area contributed by atoms with Crippen molar-refractivity contribution in [2.24, 2.45) is 0 Å². The average molecular weight is 482 g/mol. The maximum atomic E-state index is 13.6. The van der Waals surface area contributed by atoms with Crippen LogP contribution in [0.4, 0.5) is 10.1 Å². The van der Waals surface area contributed by atoms with Crippen LogP contribution in [0, 0.1) is 15.9 Å². The van der Waals surface area contributed by atoms with Crippen LogP contribution < -0.4 is 0 Å². The molecule has 0 saturated heterocycles. The molecule has 1 unspecified atom stereocenters. The molecule has 0 saturated carbocycles. The normalized spacial score (nSPS) is 15.2. The fourth-order valence-electron chi connectivity index (χ4n) is 4.23. The molecule has 2 amide bonds. The topological polar surface area (TPSA) is 83.8 Å². The van der Waals surface area contributed by atoms with E-state index in [9.17, 15) is 24.1 Å². The predicted octanol–water partition coefficient (Wildman–Crippen LogP) is 4.82. The lowest BCUT2D eigenvalue weighted by Crippen LogP contribution is -2.48. The van der Waals surface area contributed by atoms with E-state index >= 15 is 0 Å². The van der Waals surface area contributed by atoms with Crippen molar-refractivity contribution in [3.8, 4) is 0 Å². The highest BCUT2D eigenvalue weighted by Crippen LogP contribution is 2.38. The monoisotopic (exact) mass is 481 g/mol. The molecule has 3 aromatic rings. The van der Waals surface area contributed by atoms with E-state index < -0.39 is 10.8 Å². The van der Waals surface area contributed by atoms with Gasteiger partial charge in [-0.25, -0.2) is 4.39 Å². The Morgan fingerprint density at radius 1 is 1.21 bits per heavy atom. The van der Waals surface area contributed by atoms with Crippen molar-refractivity contribution >= 4 is 28.8 Å². The van der Waals surface area contributed by atoms with E-state index in [2.05, 4.69) is 0 Å². The van der Waals surface area contributed by atoms with Crippen molar-refractivity contribution in [3.05, 3.63) is 97.5 Å². The van der Waals surface area contributed by atoms with Crippen LogP contribution in [0.2, 0.25) is 0 Å². The summed E-state index contributed by atoms with van der Waals surface area (Å²) in [5.74, 6) is -1.03. The van der Waals surface area contributed by atoms with Gasteiger partial charge in [-0.05, 0) is 61.0 Å². The number of hydrogen-bond donors (Lipinski definition) is 0. The lowest BCUT2D eigenvalue weighted by Gasteiger charge is -2.38. The number of non-ortho nitro benzene ring substituents is 1. The van der Waals surface area contributed by atoms with Crippen molar-refractivity contribution in [3.63, 3.8) is 0 Å². The van der Waals surface area contributed by atoms with Crippen molar-refractivity contribution in [2.45, 2.75) is 32.4 Å². The molecule has 176 valence electrons. The fourth-order valence-corrected chi connectivity index (χ4v) is 5.14. The highest BCUT2D eigenvalue weighted by atomic mass is 32.1. The summed E-state index contributed by atoms with van der Waals surface area (Å²) in [6, 6.07) is 12.9. The molecule has 34 heavy (non-hydrogen) atoms. The predicted molar refractivity (Wildman–Crippen MR) is 127 cm³/mol. The molecule has 7 nitrogen and oxygen atoms in total. The van der Waals surface area contributed by atoms with Crippen LogP contribution in [0.1, 0.15) is 46.3 Å². The molecule has 4 rings (SSSR count). The van der Waals surface area contributed by atoms with Gasteiger partial charge in [-0.2, -0.15) is 0 Å². The molecular weight excluding hydrogens is 457 g/mol. The SMILES string of the molecule is CC(C)N(CC(=O)N1CCc2sccc2C1c1ccc(F)cc1)C(=O)c1cccc([N+](=O)[O-])c1. The first-order valence-electron chi connectivity index (χ1n) is 10.9. The summed E-state index contributed by atoms with van der Waals surface area (Å²) < 4.78 is 13.6. The van der Waals surface area contributed by atoms with Crippen molar-refractivity contribution < 1.29 is 18.9 Å². The number of amides is 2. The highest BCUT2D eigenvalue weighted by molar-refractivity contribution is 7.10. The van der Waals surface area contributed by atoms with Gasteiger partial charge in [0, 0.05) is 35.2 Å². The van der Waals surface area contributed by atoms with E-state index in [-0.39, 0.29) is 41.6 Å². The van der Waals surface area contributed by atoms with Crippen LogP contribution in [0.3, 0.4) is 0 Å². The van der Waals surface area contributed by atoms with Crippen LogP contribution >= 0.6 is 11.3 Å². The first-order valence-corrected chi connectivity index (χ1v) is 11.8. The molecule has 1 aliphatic rings. The number of fused-ring (bicyclic) bond motifs is 1. The van der Waals surface area contributed by atoms with E-state index in [1.807, 2.05) is 11.4 Å². The molecule has 1 aromatic heterocycles. The Morgan fingerprint density at radius 3 is 2.62 bits per heavy atom. The van der Waals surface area contributed by atoms with Crippen LogP contribution in [0.25, 0.3) is 0 Å². The van der Waals surface area contributed by atoms with Gasteiger partial charge < -0.3 is 9.80 Å². The zero-order valence-electron chi connectivity index (χ0n) is 18.8. The number of nitro groups is 1. The van der Waals surface area contributed by atoms with Gasteiger partial charge in [-0.15, -0.1) is 11.3 Å². The molecule has 1 aliphatic heterocycles.